The zero-order valence-corrected chi connectivity index (χ0v) is 20.1. The van der Waals surface area contributed by atoms with Gasteiger partial charge in [0.1, 0.15) is 22.5 Å². The van der Waals surface area contributed by atoms with E-state index in [0.717, 1.165) is 31.5 Å². The molecule has 2 N–H and O–H groups in total. The minimum atomic E-state index is -0.879. The lowest BCUT2D eigenvalue weighted by Crippen LogP contribution is -2.48. The quantitative estimate of drug-likeness (QED) is 0.581. The Kier molecular flexibility index (Phi) is 7.24. The van der Waals surface area contributed by atoms with Gasteiger partial charge in [0.05, 0.1) is 18.6 Å². The van der Waals surface area contributed by atoms with Crippen molar-refractivity contribution in [2.45, 2.75) is 64.0 Å². The molecule has 0 unspecified atom stereocenters. The van der Waals surface area contributed by atoms with E-state index in [1.165, 1.54) is 11.0 Å². The van der Waals surface area contributed by atoms with Gasteiger partial charge in [-0.3, -0.25) is 19.1 Å². The number of terminal acetylenes is 1. The molecule has 3 heterocycles. The van der Waals surface area contributed by atoms with Crippen LogP contribution in [0.4, 0.5) is 0 Å². The third-order valence-corrected chi connectivity index (χ3v) is 7.48. The molecular weight excluding hydrogens is 432 g/mol. The normalized spacial score (nSPS) is 17.3. The van der Waals surface area contributed by atoms with Gasteiger partial charge in [0.25, 0.3) is 11.5 Å². The summed E-state index contributed by atoms with van der Waals surface area (Å²) in [5.41, 5.74) is -0.292. The van der Waals surface area contributed by atoms with Crippen molar-refractivity contribution >= 4 is 16.9 Å². The molecule has 0 bridgehead atoms. The molecule has 2 aromatic rings. The van der Waals surface area contributed by atoms with Gasteiger partial charge in [-0.1, -0.05) is 26.2 Å². The van der Waals surface area contributed by atoms with E-state index < -0.39 is 17.0 Å². The van der Waals surface area contributed by atoms with E-state index in [1.54, 1.807) is 6.20 Å². The van der Waals surface area contributed by atoms with Gasteiger partial charge in [-0.25, -0.2) is 4.98 Å². The first-order chi connectivity index (χ1) is 16.4. The molecule has 0 atom stereocenters. The van der Waals surface area contributed by atoms with Crippen molar-refractivity contribution in [1.82, 2.24) is 19.8 Å². The molecule has 1 amide bonds. The Bertz CT molecular complexity index is 1150. The Labute approximate surface area is 200 Å². The van der Waals surface area contributed by atoms with Crippen LogP contribution < -0.4 is 10.9 Å². The lowest BCUT2D eigenvalue weighted by molar-refractivity contribution is 0.0364. The van der Waals surface area contributed by atoms with Crippen molar-refractivity contribution < 1.29 is 14.6 Å². The fourth-order valence-corrected chi connectivity index (χ4v) is 4.72. The molecule has 0 radical (unpaired) electrons. The molecule has 2 fully saturated rings. The van der Waals surface area contributed by atoms with Crippen molar-refractivity contribution in [2.75, 3.05) is 32.8 Å². The summed E-state index contributed by atoms with van der Waals surface area (Å²) in [6.07, 6.45) is 11.9. The average Bonchev–Trinajstić information content (AvgIpc) is 2.82. The van der Waals surface area contributed by atoms with E-state index >= 15 is 0 Å². The number of hydrogen-bond acceptors (Lipinski definition) is 6. The molecule has 1 aliphatic heterocycles. The minimum absolute atomic E-state index is 0.274. The first-order valence-corrected chi connectivity index (χ1v) is 12.3. The monoisotopic (exact) mass is 466 g/mol. The first-order valence-electron chi connectivity index (χ1n) is 12.3. The second-order valence-electron chi connectivity index (χ2n) is 9.29. The molecule has 1 saturated heterocycles. The Morgan fingerprint density at radius 2 is 2.00 bits per heavy atom. The number of carbonyl (C=O) groups excluding carboxylic acids is 1. The van der Waals surface area contributed by atoms with Crippen LogP contribution in [-0.4, -0.2) is 63.9 Å². The van der Waals surface area contributed by atoms with Crippen LogP contribution in [0.3, 0.4) is 0 Å². The Morgan fingerprint density at radius 3 is 2.59 bits per heavy atom. The third kappa shape index (κ3) is 4.55. The number of amides is 1. The molecule has 1 aliphatic carbocycles. The van der Waals surface area contributed by atoms with Crippen LogP contribution in [0.25, 0.3) is 11.0 Å². The van der Waals surface area contributed by atoms with Crippen molar-refractivity contribution in [3.05, 3.63) is 33.7 Å². The molecular formula is C26H34N4O4. The van der Waals surface area contributed by atoms with E-state index in [2.05, 4.69) is 21.1 Å². The smallest absolute Gasteiger partial charge is 0.268 e. The molecule has 2 aliphatic rings. The van der Waals surface area contributed by atoms with E-state index in [9.17, 15) is 14.7 Å². The maximum absolute atomic E-state index is 13.6. The van der Waals surface area contributed by atoms with Crippen LogP contribution in [-0.2, 0) is 11.3 Å². The molecule has 8 nitrogen and oxygen atoms in total. The summed E-state index contributed by atoms with van der Waals surface area (Å²) in [4.78, 5) is 33.7. The molecule has 1 saturated carbocycles. The van der Waals surface area contributed by atoms with E-state index in [1.807, 2.05) is 19.9 Å². The van der Waals surface area contributed by atoms with Crippen molar-refractivity contribution in [1.29, 1.82) is 0 Å². The Hall–Kier alpha value is -2.89. The lowest BCUT2D eigenvalue weighted by Gasteiger charge is -2.28. The van der Waals surface area contributed by atoms with Gasteiger partial charge in [0.2, 0.25) is 0 Å². The summed E-state index contributed by atoms with van der Waals surface area (Å²) in [5, 5.41) is 14.4. The lowest BCUT2D eigenvalue weighted by atomic mass is 9.80. The van der Waals surface area contributed by atoms with Gasteiger partial charge >= 0.3 is 0 Å². The summed E-state index contributed by atoms with van der Waals surface area (Å²) < 4.78 is 6.93. The largest absolute Gasteiger partial charge is 0.506 e. The number of fused-ring (bicyclic) bond motifs is 1. The topological polar surface area (TPSA) is 96.7 Å². The molecule has 0 aromatic carbocycles. The standard InChI is InChI=1S/C26H34N4O4/c1-4-26(5-2,6-3)28-24(32)21-22(31)20-16-19(18-8-7-9-18)17-27-23(20)30(25(21)33)11-10-29-12-14-34-15-13-29/h1,16-18,31H,5-15H2,2-3H3,(H,28,32). The van der Waals surface area contributed by atoms with Gasteiger partial charge in [0.15, 0.2) is 0 Å². The maximum atomic E-state index is 13.6. The Morgan fingerprint density at radius 1 is 1.29 bits per heavy atom. The number of nitrogens with one attached hydrogen (secondary N) is 1. The number of rotatable bonds is 8. The van der Waals surface area contributed by atoms with Crippen molar-refractivity contribution in [2.24, 2.45) is 0 Å². The van der Waals surface area contributed by atoms with Crippen LogP contribution in [0.1, 0.15) is 67.8 Å². The van der Waals surface area contributed by atoms with Gasteiger partial charge in [-0.05, 0) is 43.2 Å². The summed E-state index contributed by atoms with van der Waals surface area (Å²) >= 11 is 0. The molecule has 4 rings (SSSR count). The van der Waals surface area contributed by atoms with Crippen LogP contribution in [0, 0.1) is 12.3 Å². The van der Waals surface area contributed by atoms with E-state index in [4.69, 9.17) is 11.2 Å². The number of ether oxygens (including phenoxy) is 1. The SMILES string of the molecule is C#CC(CC)(CC)NC(=O)c1c(O)c2cc(C3CCC3)cnc2n(CCN2CCOCC2)c1=O. The molecule has 2 aromatic heterocycles. The highest BCUT2D eigenvalue weighted by Gasteiger charge is 2.31. The Balaban J connectivity index is 1.79. The number of nitrogens with zero attached hydrogens (tertiary/aromatic N) is 3. The minimum Gasteiger partial charge on any atom is -0.506 e. The zero-order valence-electron chi connectivity index (χ0n) is 20.1. The molecule has 0 spiro atoms. The van der Waals surface area contributed by atoms with Gasteiger partial charge < -0.3 is 15.2 Å². The number of aromatic hydroxyl groups is 1. The van der Waals surface area contributed by atoms with Crippen LogP contribution in [0.2, 0.25) is 0 Å². The maximum Gasteiger partial charge on any atom is 0.268 e. The third-order valence-electron chi connectivity index (χ3n) is 7.48. The highest BCUT2D eigenvalue weighted by Crippen LogP contribution is 2.38. The van der Waals surface area contributed by atoms with Crippen molar-refractivity contribution in [3.63, 3.8) is 0 Å². The predicted octanol–water partition coefficient (Wildman–Crippen LogP) is 2.62. The number of pyridine rings is 2. The number of carbonyl (C=O) groups is 1. The number of morpholine rings is 1. The van der Waals surface area contributed by atoms with Crippen LogP contribution >= 0.6 is 0 Å². The average molecular weight is 467 g/mol. The van der Waals surface area contributed by atoms with Gasteiger partial charge in [-0.2, -0.15) is 0 Å². The fourth-order valence-electron chi connectivity index (χ4n) is 4.72. The summed E-state index contributed by atoms with van der Waals surface area (Å²) in [5.74, 6) is 2.08. The van der Waals surface area contributed by atoms with Gasteiger partial charge in [0, 0.05) is 32.4 Å². The zero-order chi connectivity index (χ0) is 24.3. The van der Waals surface area contributed by atoms with Crippen LogP contribution in [0.5, 0.6) is 5.75 Å². The summed E-state index contributed by atoms with van der Waals surface area (Å²) in [6, 6.07) is 1.89. The van der Waals surface area contributed by atoms with Crippen molar-refractivity contribution in [3.8, 4) is 18.1 Å². The highest BCUT2D eigenvalue weighted by atomic mass is 16.5. The summed E-state index contributed by atoms with van der Waals surface area (Å²) in [6.45, 7) is 7.64. The summed E-state index contributed by atoms with van der Waals surface area (Å²) in [7, 11) is 0. The highest BCUT2D eigenvalue weighted by molar-refractivity contribution is 6.02. The molecule has 34 heavy (non-hydrogen) atoms. The predicted molar refractivity (Wildman–Crippen MR) is 131 cm³/mol. The fraction of sp³-hybridized carbons (Fsp3) is 0.577. The number of hydrogen-bond donors (Lipinski definition) is 2. The molecule has 182 valence electrons. The first kappa shape index (κ1) is 24.2. The number of aromatic nitrogens is 2. The molecule has 8 heteroatoms. The second kappa shape index (κ2) is 10.2. The van der Waals surface area contributed by atoms with Gasteiger partial charge in [-0.15, -0.1) is 6.42 Å². The van der Waals surface area contributed by atoms with E-state index in [-0.39, 0.29) is 11.3 Å². The second-order valence-corrected chi connectivity index (χ2v) is 9.29. The van der Waals surface area contributed by atoms with Crippen LogP contribution in [0.15, 0.2) is 17.1 Å². The van der Waals surface area contributed by atoms with E-state index in [0.29, 0.717) is 56.1 Å².